The molecule has 0 bridgehead atoms. The van der Waals surface area contributed by atoms with Crippen molar-refractivity contribution in [1.82, 2.24) is 5.32 Å². The molecule has 124 valence electrons. The monoisotopic (exact) mass is 323 g/mol. The van der Waals surface area contributed by atoms with E-state index in [9.17, 15) is 9.59 Å². The summed E-state index contributed by atoms with van der Waals surface area (Å²) in [6, 6.07) is 16.6. The zero-order chi connectivity index (χ0) is 16.9. The maximum absolute atomic E-state index is 12.4. The molecule has 1 amide bonds. The van der Waals surface area contributed by atoms with Gasteiger partial charge in [0.15, 0.2) is 0 Å². The Morgan fingerprint density at radius 3 is 2.25 bits per heavy atom. The minimum absolute atomic E-state index is 0.0289. The molecule has 0 saturated heterocycles. The molecule has 1 aliphatic carbocycles. The van der Waals surface area contributed by atoms with Gasteiger partial charge >= 0.3 is 5.97 Å². The van der Waals surface area contributed by atoms with Crippen LogP contribution in [0.1, 0.15) is 46.8 Å². The van der Waals surface area contributed by atoms with Crippen LogP contribution in [0.4, 0.5) is 0 Å². The normalized spacial score (nSPS) is 15.3. The summed E-state index contributed by atoms with van der Waals surface area (Å²) in [7, 11) is 0. The number of carboxylic acid groups (broad SMARTS) is 1. The van der Waals surface area contributed by atoms with Crippen LogP contribution in [0.3, 0.4) is 0 Å². The first-order chi connectivity index (χ1) is 11.6. The Morgan fingerprint density at radius 2 is 1.71 bits per heavy atom. The Balaban J connectivity index is 1.66. The van der Waals surface area contributed by atoms with Crippen molar-refractivity contribution >= 4 is 11.9 Å². The zero-order valence-corrected chi connectivity index (χ0v) is 13.4. The fraction of sp³-hybridized carbons (Fsp3) is 0.300. The van der Waals surface area contributed by atoms with Crippen molar-refractivity contribution in [1.29, 1.82) is 0 Å². The summed E-state index contributed by atoms with van der Waals surface area (Å²) in [6.07, 6.45) is 3.77. The summed E-state index contributed by atoms with van der Waals surface area (Å²) in [5.74, 6) is -0.482. The lowest BCUT2D eigenvalue weighted by Crippen LogP contribution is -2.37. The number of carbonyl (C=O) groups excluding carboxylic acids is 1. The zero-order valence-electron chi connectivity index (χ0n) is 13.4. The maximum atomic E-state index is 12.4. The number of nitrogens with one attached hydrogen (secondary N) is 1. The molecule has 1 aliphatic rings. The van der Waals surface area contributed by atoms with Gasteiger partial charge in [-0.05, 0) is 42.0 Å². The second kappa shape index (κ2) is 7.30. The molecule has 1 atom stereocenters. The standard InChI is InChI=1S/C20H21NO3/c22-18(13-14-9-11-17(12-10-14)20(23)24)21-19(16-7-4-8-16)15-5-2-1-3-6-15/h1-3,5-6,9-12,16,19H,4,7-8,13H2,(H,21,22)(H,23,24). The molecular weight excluding hydrogens is 302 g/mol. The number of carbonyl (C=O) groups is 2. The molecular formula is C20H21NO3. The second-order valence-corrected chi connectivity index (χ2v) is 6.33. The minimum Gasteiger partial charge on any atom is -0.478 e. The van der Waals surface area contributed by atoms with E-state index in [1.807, 2.05) is 18.2 Å². The van der Waals surface area contributed by atoms with E-state index in [0.717, 1.165) is 24.0 Å². The van der Waals surface area contributed by atoms with Gasteiger partial charge in [0.1, 0.15) is 0 Å². The Kier molecular flexibility index (Phi) is 4.94. The lowest BCUT2D eigenvalue weighted by atomic mass is 9.77. The molecule has 0 radical (unpaired) electrons. The summed E-state index contributed by atoms with van der Waals surface area (Å²) in [5, 5.41) is 12.1. The highest BCUT2D eigenvalue weighted by Crippen LogP contribution is 2.37. The number of amides is 1. The number of rotatable bonds is 6. The van der Waals surface area contributed by atoms with Gasteiger partial charge in [0.25, 0.3) is 0 Å². The Morgan fingerprint density at radius 1 is 1.04 bits per heavy atom. The highest BCUT2D eigenvalue weighted by molar-refractivity contribution is 5.87. The van der Waals surface area contributed by atoms with Crippen LogP contribution in [0.2, 0.25) is 0 Å². The molecule has 4 nitrogen and oxygen atoms in total. The van der Waals surface area contributed by atoms with Crippen molar-refractivity contribution in [2.24, 2.45) is 5.92 Å². The van der Waals surface area contributed by atoms with Crippen molar-refractivity contribution in [3.8, 4) is 0 Å². The third-order valence-corrected chi connectivity index (χ3v) is 4.66. The molecule has 0 spiro atoms. The fourth-order valence-electron chi connectivity index (χ4n) is 3.08. The van der Waals surface area contributed by atoms with Crippen molar-refractivity contribution in [2.45, 2.75) is 31.7 Å². The first-order valence-corrected chi connectivity index (χ1v) is 8.30. The molecule has 0 aromatic heterocycles. The van der Waals surface area contributed by atoms with Crippen molar-refractivity contribution < 1.29 is 14.7 Å². The van der Waals surface area contributed by atoms with Gasteiger partial charge in [-0.2, -0.15) is 0 Å². The van der Waals surface area contributed by atoms with Crippen LogP contribution in [-0.4, -0.2) is 17.0 Å². The van der Waals surface area contributed by atoms with Crippen LogP contribution in [-0.2, 0) is 11.2 Å². The SMILES string of the molecule is O=C(Cc1ccc(C(=O)O)cc1)NC(c1ccccc1)C1CCC1. The number of aromatic carboxylic acids is 1. The smallest absolute Gasteiger partial charge is 0.335 e. The first kappa shape index (κ1) is 16.2. The van der Waals surface area contributed by atoms with Gasteiger partial charge in [-0.1, -0.05) is 48.9 Å². The molecule has 4 heteroatoms. The number of hydrogen-bond donors (Lipinski definition) is 2. The maximum Gasteiger partial charge on any atom is 0.335 e. The van der Waals surface area contributed by atoms with Crippen molar-refractivity contribution in [2.75, 3.05) is 0 Å². The number of carboxylic acids is 1. The lowest BCUT2D eigenvalue weighted by molar-refractivity contribution is -0.121. The average molecular weight is 323 g/mol. The summed E-state index contributed by atoms with van der Waals surface area (Å²) in [4.78, 5) is 23.3. The Labute approximate surface area is 141 Å². The molecule has 1 unspecified atom stereocenters. The van der Waals surface area contributed by atoms with E-state index in [1.54, 1.807) is 12.1 Å². The molecule has 24 heavy (non-hydrogen) atoms. The third kappa shape index (κ3) is 3.82. The second-order valence-electron chi connectivity index (χ2n) is 6.33. The van der Waals surface area contributed by atoms with Gasteiger partial charge in [-0.25, -0.2) is 4.79 Å². The topological polar surface area (TPSA) is 66.4 Å². The highest BCUT2D eigenvalue weighted by atomic mass is 16.4. The molecule has 2 aromatic rings. The molecule has 3 rings (SSSR count). The highest BCUT2D eigenvalue weighted by Gasteiger charge is 2.29. The van der Waals surface area contributed by atoms with E-state index in [0.29, 0.717) is 5.92 Å². The minimum atomic E-state index is -0.958. The van der Waals surface area contributed by atoms with E-state index in [4.69, 9.17) is 5.11 Å². The Hall–Kier alpha value is -2.62. The summed E-state index contributed by atoms with van der Waals surface area (Å²) < 4.78 is 0. The number of hydrogen-bond acceptors (Lipinski definition) is 2. The average Bonchev–Trinajstić information content (AvgIpc) is 2.54. The van der Waals surface area contributed by atoms with Gasteiger partial charge in [-0.3, -0.25) is 4.79 Å². The molecule has 2 N–H and O–H groups in total. The van der Waals surface area contributed by atoms with Crippen molar-refractivity contribution in [3.63, 3.8) is 0 Å². The lowest BCUT2D eigenvalue weighted by Gasteiger charge is -2.34. The first-order valence-electron chi connectivity index (χ1n) is 8.30. The van der Waals surface area contributed by atoms with Gasteiger partial charge < -0.3 is 10.4 Å². The van der Waals surface area contributed by atoms with E-state index in [-0.39, 0.29) is 23.9 Å². The predicted molar refractivity (Wildman–Crippen MR) is 91.8 cm³/mol. The predicted octanol–water partition coefficient (Wildman–Crippen LogP) is 3.58. The fourth-order valence-corrected chi connectivity index (χ4v) is 3.08. The van der Waals surface area contributed by atoms with Gasteiger partial charge in [0.2, 0.25) is 5.91 Å². The van der Waals surface area contributed by atoms with E-state index in [2.05, 4.69) is 17.4 Å². The molecule has 0 aliphatic heterocycles. The van der Waals surface area contributed by atoms with Gasteiger partial charge in [0.05, 0.1) is 18.0 Å². The molecule has 2 aromatic carbocycles. The van der Waals surface area contributed by atoms with E-state index in [1.165, 1.54) is 18.6 Å². The summed E-state index contributed by atoms with van der Waals surface area (Å²) >= 11 is 0. The van der Waals surface area contributed by atoms with Crippen LogP contribution in [0.5, 0.6) is 0 Å². The third-order valence-electron chi connectivity index (χ3n) is 4.66. The van der Waals surface area contributed by atoms with Crippen molar-refractivity contribution in [3.05, 3.63) is 71.3 Å². The summed E-state index contributed by atoms with van der Waals surface area (Å²) in [5.41, 5.74) is 2.20. The summed E-state index contributed by atoms with van der Waals surface area (Å²) in [6.45, 7) is 0. The quantitative estimate of drug-likeness (QED) is 0.854. The molecule has 0 heterocycles. The molecule has 1 fully saturated rings. The van der Waals surface area contributed by atoms with Crippen LogP contribution in [0.15, 0.2) is 54.6 Å². The Bertz CT molecular complexity index is 705. The van der Waals surface area contributed by atoms with Gasteiger partial charge in [-0.15, -0.1) is 0 Å². The van der Waals surface area contributed by atoms with Crippen LogP contribution in [0.25, 0.3) is 0 Å². The number of benzene rings is 2. The molecule has 1 saturated carbocycles. The van der Waals surface area contributed by atoms with Crippen LogP contribution in [0, 0.1) is 5.92 Å². The van der Waals surface area contributed by atoms with E-state index >= 15 is 0 Å². The van der Waals surface area contributed by atoms with Gasteiger partial charge in [0, 0.05) is 0 Å². The largest absolute Gasteiger partial charge is 0.478 e. The van der Waals surface area contributed by atoms with Crippen LogP contribution < -0.4 is 5.32 Å². The van der Waals surface area contributed by atoms with Crippen LogP contribution >= 0.6 is 0 Å². The van der Waals surface area contributed by atoms with E-state index < -0.39 is 5.97 Å².